The molecule has 0 bridgehead atoms. The van der Waals surface area contributed by atoms with Crippen LogP contribution in [0.15, 0.2) is 24.5 Å². The smallest absolute Gasteiger partial charge is 0.0965 e. The van der Waals surface area contributed by atoms with Crippen LogP contribution in [0.4, 0.5) is 0 Å². The number of hydrogen-bond donors (Lipinski definition) is 1. The van der Waals surface area contributed by atoms with Gasteiger partial charge >= 0.3 is 0 Å². The molecule has 1 saturated carbocycles. The molecule has 1 aromatic rings. The van der Waals surface area contributed by atoms with Crippen molar-refractivity contribution in [3.63, 3.8) is 0 Å². The van der Waals surface area contributed by atoms with E-state index in [1.54, 1.807) is 6.20 Å². The van der Waals surface area contributed by atoms with Gasteiger partial charge in [-0.25, -0.2) is 0 Å². The lowest BCUT2D eigenvalue weighted by Crippen LogP contribution is -2.27. The Kier molecular flexibility index (Phi) is 5.14. The second-order valence-corrected chi connectivity index (χ2v) is 5.21. The molecule has 3 heteroatoms. The molecular weight excluding hydrogens is 224 g/mol. The van der Waals surface area contributed by atoms with Gasteiger partial charge in [0.25, 0.3) is 0 Å². The summed E-state index contributed by atoms with van der Waals surface area (Å²) in [5, 5.41) is 0. The molecule has 0 amide bonds. The number of hydrogen-bond acceptors (Lipinski definition) is 3. The number of pyridine rings is 1. The normalized spacial score (nSPS) is 25.9. The second kappa shape index (κ2) is 6.86. The number of rotatable bonds is 5. The minimum absolute atomic E-state index is 0.000642. The van der Waals surface area contributed by atoms with Crippen molar-refractivity contribution in [1.29, 1.82) is 0 Å². The molecule has 2 N–H and O–H groups in total. The third kappa shape index (κ3) is 3.53. The summed E-state index contributed by atoms with van der Waals surface area (Å²) >= 11 is 0. The molecule has 0 radical (unpaired) electrons. The summed E-state index contributed by atoms with van der Waals surface area (Å²) in [5.74, 6) is 0.830. The molecule has 2 rings (SSSR count). The average molecular weight is 248 g/mol. The van der Waals surface area contributed by atoms with Crippen molar-refractivity contribution in [1.82, 2.24) is 4.98 Å². The van der Waals surface area contributed by atoms with E-state index in [-0.39, 0.29) is 6.10 Å². The number of nitrogens with zero attached hydrogens (tertiary/aromatic N) is 1. The molecule has 1 aromatic heterocycles. The number of ether oxygens (including phenoxy) is 1. The van der Waals surface area contributed by atoms with Crippen LogP contribution in [-0.4, -0.2) is 17.6 Å². The maximum atomic E-state index is 6.19. The van der Waals surface area contributed by atoms with Crippen LogP contribution in [0.2, 0.25) is 0 Å². The second-order valence-electron chi connectivity index (χ2n) is 5.21. The van der Waals surface area contributed by atoms with Crippen LogP contribution < -0.4 is 5.73 Å². The standard InChI is InChI=1S/C15H24N2O/c1-2-12-5-3-7-14(9-12)18-15(10-16)13-6-4-8-17-11-13/h4,6,8,11-12,14-15H,2-3,5,7,9-10,16H2,1H3. The Morgan fingerprint density at radius 2 is 2.39 bits per heavy atom. The van der Waals surface area contributed by atoms with Gasteiger partial charge in [-0.15, -0.1) is 0 Å². The van der Waals surface area contributed by atoms with Gasteiger partial charge in [-0.05, 0) is 24.8 Å². The largest absolute Gasteiger partial charge is 0.369 e. The zero-order valence-electron chi connectivity index (χ0n) is 11.2. The monoisotopic (exact) mass is 248 g/mol. The van der Waals surface area contributed by atoms with Gasteiger partial charge in [-0.2, -0.15) is 0 Å². The van der Waals surface area contributed by atoms with Crippen LogP contribution in [0.25, 0.3) is 0 Å². The fourth-order valence-corrected chi connectivity index (χ4v) is 2.81. The van der Waals surface area contributed by atoms with Crippen molar-refractivity contribution < 1.29 is 4.74 Å². The van der Waals surface area contributed by atoms with Crippen LogP contribution in [0, 0.1) is 5.92 Å². The van der Waals surface area contributed by atoms with E-state index in [9.17, 15) is 0 Å². The Balaban J connectivity index is 1.94. The molecule has 1 aliphatic carbocycles. The van der Waals surface area contributed by atoms with Crippen molar-refractivity contribution in [2.24, 2.45) is 11.7 Å². The van der Waals surface area contributed by atoms with Crippen LogP contribution >= 0.6 is 0 Å². The fourth-order valence-electron chi connectivity index (χ4n) is 2.81. The highest BCUT2D eigenvalue weighted by atomic mass is 16.5. The summed E-state index contributed by atoms with van der Waals surface area (Å²) in [6.07, 6.45) is 10.3. The van der Waals surface area contributed by atoms with Gasteiger partial charge in [-0.3, -0.25) is 4.98 Å². The SMILES string of the molecule is CCC1CCCC(OC(CN)c2cccnc2)C1. The van der Waals surface area contributed by atoms with E-state index in [2.05, 4.69) is 11.9 Å². The van der Waals surface area contributed by atoms with E-state index in [4.69, 9.17) is 10.5 Å². The van der Waals surface area contributed by atoms with Crippen molar-refractivity contribution in [3.8, 4) is 0 Å². The topological polar surface area (TPSA) is 48.1 Å². The van der Waals surface area contributed by atoms with Crippen molar-refractivity contribution in [3.05, 3.63) is 30.1 Å². The van der Waals surface area contributed by atoms with Crippen molar-refractivity contribution >= 4 is 0 Å². The third-order valence-corrected chi connectivity index (χ3v) is 3.94. The lowest BCUT2D eigenvalue weighted by Gasteiger charge is -2.31. The van der Waals surface area contributed by atoms with Gasteiger partial charge in [0, 0.05) is 24.5 Å². The van der Waals surface area contributed by atoms with E-state index in [0.717, 1.165) is 11.5 Å². The van der Waals surface area contributed by atoms with Gasteiger partial charge < -0.3 is 10.5 Å². The molecular formula is C15H24N2O. The summed E-state index contributed by atoms with van der Waals surface area (Å²) in [6, 6.07) is 3.99. The molecule has 1 fully saturated rings. The molecule has 18 heavy (non-hydrogen) atoms. The Labute approximate surface area is 110 Å². The summed E-state index contributed by atoms with van der Waals surface area (Å²) in [4.78, 5) is 4.14. The number of aromatic nitrogens is 1. The van der Waals surface area contributed by atoms with Crippen LogP contribution in [0.5, 0.6) is 0 Å². The van der Waals surface area contributed by atoms with Crippen LogP contribution in [0.1, 0.15) is 50.7 Å². The highest BCUT2D eigenvalue weighted by molar-refractivity contribution is 5.12. The molecule has 1 aliphatic rings. The molecule has 3 atom stereocenters. The predicted octanol–water partition coefficient (Wildman–Crippen LogP) is 3.07. The quantitative estimate of drug-likeness (QED) is 0.871. The Morgan fingerprint density at radius 3 is 3.06 bits per heavy atom. The molecule has 1 heterocycles. The first kappa shape index (κ1) is 13.5. The molecule has 0 aliphatic heterocycles. The molecule has 0 aromatic carbocycles. The minimum atomic E-state index is -0.000642. The van der Waals surface area contributed by atoms with Crippen molar-refractivity contribution in [2.75, 3.05) is 6.54 Å². The first-order valence-corrected chi connectivity index (χ1v) is 7.09. The molecule has 100 valence electrons. The lowest BCUT2D eigenvalue weighted by atomic mass is 9.85. The first-order chi connectivity index (χ1) is 8.83. The maximum absolute atomic E-state index is 6.19. The third-order valence-electron chi connectivity index (χ3n) is 3.94. The van der Waals surface area contributed by atoms with E-state index in [1.165, 1.54) is 32.1 Å². The van der Waals surface area contributed by atoms with Crippen molar-refractivity contribution in [2.45, 2.75) is 51.2 Å². The van der Waals surface area contributed by atoms with E-state index in [0.29, 0.717) is 12.6 Å². The molecule has 0 spiro atoms. The minimum Gasteiger partial charge on any atom is -0.369 e. The van der Waals surface area contributed by atoms with Gasteiger partial charge in [0.15, 0.2) is 0 Å². The molecule has 3 nitrogen and oxygen atoms in total. The van der Waals surface area contributed by atoms with Crippen LogP contribution in [-0.2, 0) is 4.74 Å². The van der Waals surface area contributed by atoms with Gasteiger partial charge in [0.1, 0.15) is 0 Å². The lowest BCUT2D eigenvalue weighted by molar-refractivity contribution is -0.0383. The average Bonchev–Trinajstić information content (AvgIpc) is 2.46. The highest BCUT2D eigenvalue weighted by Gasteiger charge is 2.24. The first-order valence-electron chi connectivity index (χ1n) is 7.09. The van der Waals surface area contributed by atoms with Gasteiger partial charge in [0.2, 0.25) is 0 Å². The van der Waals surface area contributed by atoms with Gasteiger partial charge in [0.05, 0.1) is 12.2 Å². The van der Waals surface area contributed by atoms with E-state index in [1.807, 2.05) is 18.3 Å². The summed E-state index contributed by atoms with van der Waals surface area (Å²) in [7, 11) is 0. The maximum Gasteiger partial charge on any atom is 0.0965 e. The Bertz CT molecular complexity index is 342. The van der Waals surface area contributed by atoms with E-state index < -0.39 is 0 Å². The summed E-state index contributed by atoms with van der Waals surface area (Å²) < 4.78 is 6.19. The van der Waals surface area contributed by atoms with Crippen LogP contribution in [0.3, 0.4) is 0 Å². The Hall–Kier alpha value is -0.930. The van der Waals surface area contributed by atoms with Gasteiger partial charge in [-0.1, -0.05) is 32.3 Å². The van der Waals surface area contributed by atoms with E-state index >= 15 is 0 Å². The number of nitrogens with two attached hydrogens (primary N) is 1. The predicted molar refractivity (Wildman–Crippen MR) is 73.2 cm³/mol. The zero-order chi connectivity index (χ0) is 12.8. The highest BCUT2D eigenvalue weighted by Crippen LogP contribution is 2.31. The Morgan fingerprint density at radius 1 is 1.50 bits per heavy atom. The molecule has 0 saturated heterocycles. The molecule has 3 unspecified atom stereocenters. The zero-order valence-corrected chi connectivity index (χ0v) is 11.2. The summed E-state index contributed by atoms with van der Waals surface area (Å²) in [6.45, 7) is 2.80. The summed E-state index contributed by atoms with van der Waals surface area (Å²) in [5.41, 5.74) is 6.93. The fraction of sp³-hybridized carbons (Fsp3) is 0.667.